The lowest BCUT2D eigenvalue weighted by molar-refractivity contribution is -0.117. The largest absolute Gasteiger partial charge is 0.332 e. The summed E-state index contributed by atoms with van der Waals surface area (Å²) in [5.41, 5.74) is 2.64. The molecule has 0 radical (unpaired) electrons. The van der Waals surface area contributed by atoms with Gasteiger partial charge < -0.3 is 15.5 Å². The molecule has 0 bridgehead atoms. The maximum atomic E-state index is 12.4. The lowest BCUT2D eigenvalue weighted by atomic mass is 10.2. The van der Waals surface area contributed by atoms with E-state index >= 15 is 0 Å². The normalized spacial score (nSPS) is 9.81. The molecule has 0 saturated carbocycles. The summed E-state index contributed by atoms with van der Waals surface area (Å²) in [7, 11) is 1.54. The highest BCUT2D eigenvalue weighted by Gasteiger charge is 2.15. The molecular formula is C20H20N4O3. The van der Waals surface area contributed by atoms with Gasteiger partial charge in [-0.1, -0.05) is 17.7 Å². The average Bonchev–Trinajstić information content (AvgIpc) is 2.63. The number of carbonyl (C=O) groups excluding carboxylic acids is 3. The van der Waals surface area contributed by atoms with Crippen molar-refractivity contribution in [2.45, 2.75) is 13.3 Å². The molecule has 2 rings (SSSR count). The number of rotatable bonds is 6. The third-order valence-electron chi connectivity index (χ3n) is 3.72. The van der Waals surface area contributed by atoms with Crippen molar-refractivity contribution in [1.29, 1.82) is 5.26 Å². The summed E-state index contributed by atoms with van der Waals surface area (Å²) in [4.78, 5) is 37.2. The molecule has 0 fully saturated rings. The Labute approximate surface area is 157 Å². The molecule has 7 nitrogen and oxygen atoms in total. The quantitative estimate of drug-likeness (QED) is 0.822. The van der Waals surface area contributed by atoms with Crippen LogP contribution in [0.4, 0.5) is 11.4 Å². The Bertz CT molecular complexity index is 868. The predicted molar refractivity (Wildman–Crippen MR) is 102 cm³/mol. The van der Waals surface area contributed by atoms with Crippen LogP contribution in [-0.2, 0) is 9.59 Å². The van der Waals surface area contributed by atoms with Crippen molar-refractivity contribution in [2.24, 2.45) is 0 Å². The van der Waals surface area contributed by atoms with E-state index in [2.05, 4.69) is 10.6 Å². The van der Waals surface area contributed by atoms with Crippen LogP contribution in [0.15, 0.2) is 48.5 Å². The molecule has 3 amide bonds. The van der Waals surface area contributed by atoms with E-state index < -0.39 is 5.91 Å². The Morgan fingerprint density at radius 2 is 1.44 bits per heavy atom. The summed E-state index contributed by atoms with van der Waals surface area (Å²) >= 11 is 0. The standard InChI is InChI=1S/C20H20N4O3/c1-14-3-7-16(8-4-14)23-19(26)13-24(2)20(27)15-5-9-17(10-6-15)22-18(25)11-12-21/h3-10H,11,13H2,1-2H3,(H,22,25)(H,23,26). The molecule has 2 aromatic carbocycles. The van der Waals surface area contributed by atoms with Crippen LogP contribution in [0.3, 0.4) is 0 Å². The highest BCUT2D eigenvalue weighted by atomic mass is 16.2. The molecule has 0 aliphatic heterocycles. The maximum Gasteiger partial charge on any atom is 0.254 e. The first-order valence-electron chi connectivity index (χ1n) is 8.28. The van der Waals surface area contributed by atoms with Crippen molar-refractivity contribution >= 4 is 29.1 Å². The van der Waals surface area contributed by atoms with Crippen LogP contribution in [0.5, 0.6) is 0 Å². The number of likely N-dealkylation sites (N-methyl/N-ethyl adjacent to an activating group) is 1. The Balaban J connectivity index is 1.92. The topological polar surface area (TPSA) is 102 Å². The molecule has 0 aromatic heterocycles. The van der Waals surface area contributed by atoms with Crippen molar-refractivity contribution in [1.82, 2.24) is 4.90 Å². The van der Waals surface area contributed by atoms with Crippen LogP contribution in [0.25, 0.3) is 0 Å². The van der Waals surface area contributed by atoms with E-state index in [1.54, 1.807) is 49.5 Å². The third-order valence-corrected chi connectivity index (χ3v) is 3.72. The van der Waals surface area contributed by atoms with Gasteiger partial charge >= 0.3 is 0 Å². The SMILES string of the molecule is Cc1ccc(NC(=O)CN(C)C(=O)c2ccc(NC(=O)CC#N)cc2)cc1. The number of hydrogen-bond acceptors (Lipinski definition) is 4. The number of nitriles is 1. The molecule has 0 spiro atoms. The van der Waals surface area contributed by atoms with E-state index in [4.69, 9.17) is 5.26 Å². The number of anilines is 2. The predicted octanol–water partition coefficient (Wildman–Crippen LogP) is 2.56. The summed E-state index contributed by atoms with van der Waals surface area (Å²) < 4.78 is 0. The van der Waals surface area contributed by atoms with E-state index in [-0.39, 0.29) is 24.8 Å². The first-order chi connectivity index (χ1) is 12.9. The third kappa shape index (κ3) is 5.97. The van der Waals surface area contributed by atoms with Gasteiger partial charge in [-0.05, 0) is 43.3 Å². The van der Waals surface area contributed by atoms with Crippen LogP contribution in [-0.4, -0.2) is 36.2 Å². The average molecular weight is 364 g/mol. The summed E-state index contributed by atoms with van der Waals surface area (Å²) in [5.74, 6) is -1.03. The first-order valence-corrected chi connectivity index (χ1v) is 8.28. The number of amides is 3. The maximum absolute atomic E-state index is 12.4. The van der Waals surface area contributed by atoms with Crippen LogP contribution in [0.2, 0.25) is 0 Å². The lowest BCUT2D eigenvalue weighted by Gasteiger charge is -2.17. The van der Waals surface area contributed by atoms with Gasteiger partial charge in [-0.15, -0.1) is 0 Å². The van der Waals surface area contributed by atoms with Gasteiger partial charge in [-0.25, -0.2) is 0 Å². The summed E-state index contributed by atoms with van der Waals surface area (Å²) in [6.07, 6.45) is -0.237. The van der Waals surface area contributed by atoms with E-state index in [1.807, 2.05) is 19.1 Å². The fraction of sp³-hybridized carbons (Fsp3) is 0.200. The zero-order valence-corrected chi connectivity index (χ0v) is 15.2. The number of hydrogen-bond donors (Lipinski definition) is 2. The monoisotopic (exact) mass is 364 g/mol. The van der Waals surface area contributed by atoms with E-state index in [1.165, 1.54) is 4.90 Å². The fourth-order valence-electron chi connectivity index (χ4n) is 2.32. The smallest absolute Gasteiger partial charge is 0.254 e. The van der Waals surface area contributed by atoms with E-state index in [0.717, 1.165) is 5.56 Å². The highest BCUT2D eigenvalue weighted by molar-refractivity contribution is 5.99. The van der Waals surface area contributed by atoms with Gasteiger partial charge in [0, 0.05) is 24.0 Å². The molecule has 27 heavy (non-hydrogen) atoms. The van der Waals surface area contributed by atoms with Gasteiger partial charge in [0.15, 0.2) is 0 Å². The zero-order valence-electron chi connectivity index (χ0n) is 15.2. The molecule has 0 aliphatic rings. The molecule has 0 heterocycles. The second-order valence-electron chi connectivity index (χ2n) is 6.04. The highest BCUT2D eigenvalue weighted by Crippen LogP contribution is 2.12. The second kappa shape index (κ2) is 9.15. The summed E-state index contributed by atoms with van der Waals surface area (Å²) in [6, 6.07) is 15.4. The summed E-state index contributed by atoms with van der Waals surface area (Å²) in [6.45, 7) is 1.87. The minimum absolute atomic E-state index is 0.0899. The minimum Gasteiger partial charge on any atom is -0.332 e. The fourth-order valence-corrected chi connectivity index (χ4v) is 2.32. The molecular weight excluding hydrogens is 344 g/mol. The van der Waals surface area contributed by atoms with Crippen molar-refractivity contribution in [3.05, 3.63) is 59.7 Å². The zero-order chi connectivity index (χ0) is 19.8. The number of benzene rings is 2. The van der Waals surface area contributed by atoms with Crippen LogP contribution >= 0.6 is 0 Å². The molecule has 138 valence electrons. The lowest BCUT2D eigenvalue weighted by Crippen LogP contribution is -2.34. The molecule has 0 saturated heterocycles. The van der Waals surface area contributed by atoms with Crippen molar-refractivity contribution in [2.75, 3.05) is 24.2 Å². The first kappa shape index (κ1) is 19.7. The summed E-state index contributed by atoms with van der Waals surface area (Å²) in [5, 5.41) is 13.8. The second-order valence-corrected chi connectivity index (χ2v) is 6.04. The van der Waals surface area contributed by atoms with Crippen LogP contribution in [0, 0.1) is 18.3 Å². The van der Waals surface area contributed by atoms with Crippen LogP contribution < -0.4 is 10.6 Å². The Morgan fingerprint density at radius 3 is 2.00 bits per heavy atom. The molecule has 0 unspecified atom stereocenters. The number of aryl methyl sites for hydroxylation is 1. The molecule has 0 atom stereocenters. The molecule has 7 heteroatoms. The van der Waals surface area contributed by atoms with Gasteiger partial charge in [0.2, 0.25) is 11.8 Å². The van der Waals surface area contributed by atoms with Gasteiger partial charge in [0.1, 0.15) is 6.42 Å². The number of nitrogens with zero attached hydrogens (tertiary/aromatic N) is 2. The Hall–Kier alpha value is -3.66. The van der Waals surface area contributed by atoms with Crippen molar-refractivity contribution in [3.8, 4) is 6.07 Å². The number of nitrogens with one attached hydrogen (secondary N) is 2. The van der Waals surface area contributed by atoms with Crippen LogP contribution in [0.1, 0.15) is 22.3 Å². The molecule has 2 N–H and O–H groups in total. The van der Waals surface area contributed by atoms with Gasteiger partial charge in [0.25, 0.3) is 5.91 Å². The number of carbonyl (C=O) groups is 3. The van der Waals surface area contributed by atoms with Crippen molar-refractivity contribution < 1.29 is 14.4 Å². The van der Waals surface area contributed by atoms with E-state index in [9.17, 15) is 14.4 Å². The van der Waals surface area contributed by atoms with Crippen molar-refractivity contribution in [3.63, 3.8) is 0 Å². The molecule has 0 aliphatic carbocycles. The Kier molecular flexibility index (Phi) is 6.67. The molecule has 2 aromatic rings. The van der Waals surface area contributed by atoms with Gasteiger partial charge in [-0.3, -0.25) is 14.4 Å². The van der Waals surface area contributed by atoms with Gasteiger partial charge in [-0.2, -0.15) is 5.26 Å². The minimum atomic E-state index is -0.415. The van der Waals surface area contributed by atoms with E-state index in [0.29, 0.717) is 16.9 Å². The van der Waals surface area contributed by atoms with Gasteiger partial charge in [0.05, 0.1) is 12.6 Å². The Morgan fingerprint density at radius 1 is 0.926 bits per heavy atom.